The molecule has 0 radical (unpaired) electrons. The molecular formula is C26H19ClN6O2S. The van der Waals surface area contributed by atoms with E-state index in [1.807, 2.05) is 59.2 Å². The van der Waals surface area contributed by atoms with E-state index in [2.05, 4.69) is 25.7 Å². The molecule has 1 amide bonds. The highest BCUT2D eigenvalue weighted by atomic mass is 35.5. The van der Waals surface area contributed by atoms with Crippen LogP contribution in [0.3, 0.4) is 0 Å². The van der Waals surface area contributed by atoms with Crippen molar-refractivity contribution in [3.63, 3.8) is 0 Å². The van der Waals surface area contributed by atoms with Gasteiger partial charge in [-0.1, -0.05) is 53.7 Å². The van der Waals surface area contributed by atoms with Crippen LogP contribution in [0.4, 0.5) is 0 Å². The zero-order valence-electron chi connectivity index (χ0n) is 18.7. The van der Waals surface area contributed by atoms with Crippen LogP contribution in [0.15, 0.2) is 95.4 Å². The number of hydrogen-bond acceptors (Lipinski definition) is 7. The molecule has 0 spiro atoms. The highest BCUT2D eigenvalue weighted by molar-refractivity contribution is 7.99. The second-order valence-corrected chi connectivity index (χ2v) is 9.03. The smallest absolute Gasteiger partial charge is 0.250 e. The number of carbonyl (C=O) groups excluding carboxylic acids is 1. The van der Waals surface area contributed by atoms with E-state index in [1.165, 1.54) is 18.0 Å². The Kier molecular flexibility index (Phi) is 6.92. The van der Waals surface area contributed by atoms with Gasteiger partial charge in [-0.05, 0) is 53.2 Å². The van der Waals surface area contributed by atoms with E-state index in [-0.39, 0.29) is 17.4 Å². The van der Waals surface area contributed by atoms with E-state index < -0.39 is 0 Å². The highest BCUT2D eigenvalue weighted by Crippen LogP contribution is 2.28. The first kappa shape index (κ1) is 23.5. The number of halogens is 1. The Balaban J connectivity index is 1.33. The molecule has 0 fully saturated rings. The van der Waals surface area contributed by atoms with Crippen LogP contribution in [0.1, 0.15) is 5.56 Å². The number of pyridine rings is 1. The molecule has 2 N–H and O–H groups in total. The first-order valence-electron chi connectivity index (χ1n) is 10.9. The summed E-state index contributed by atoms with van der Waals surface area (Å²) in [5, 5.41) is 25.9. The number of aromatic nitrogens is 4. The Morgan fingerprint density at radius 2 is 1.81 bits per heavy atom. The van der Waals surface area contributed by atoms with E-state index in [0.29, 0.717) is 21.6 Å². The molecule has 178 valence electrons. The second kappa shape index (κ2) is 10.6. The SMILES string of the molecule is O=C(CSc1nnc(-c2ccncc2)n1-c1ccc(Cl)cc1)N/N=C/c1c(O)ccc2ccccc12. The molecule has 0 aliphatic heterocycles. The normalized spacial score (nSPS) is 11.2. The van der Waals surface area contributed by atoms with Gasteiger partial charge >= 0.3 is 0 Å². The van der Waals surface area contributed by atoms with Gasteiger partial charge in [-0.3, -0.25) is 14.3 Å². The van der Waals surface area contributed by atoms with Gasteiger partial charge in [0.15, 0.2) is 11.0 Å². The molecule has 0 saturated carbocycles. The summed E-state index contributed by atoms with van der Waals surface area (Å²) in [5.41, 5.74) is 4.69. The third kappa shape index (κ3) is 5.07. The molecule has 36 heavy (non-hydrogen) atoms. The summed E-state index contributed by atoms with van der Waals surface area (Å²) in [5.74, 6) is 0.431. The van der Waals surface area contributed by atoms with Crippen molar-refractivity contribution in [2.75, 3.05) is 5.75 Å². The van der Waals surface area contributed by atoms with Gasteiger partial charge in [0, 0.05) is 34.2 Å². The monoisotopic (exact) mass is 514 g/mol. The molecule has 8 nitrogen and oxygen atoms in total. The van der Waals surface area contributed by atoms with Gasteiger partial charge in [-0.2, -0.15) is 5.10 Å². The van der Waals surface area contributed by atoms with Gasteiger partial charge in [0.2, 0.25) is 0 Å². The molecule has 2 aromatic heterocycles. The number of benzene rings is 3. The average Bonchev–Trinajstić information content (AvgIpc) is 3.33. The Hall–Kier alpha value is -4.21. The van der Waals surface area contributed by atoms with Gasteiger partial charge in [0.25, 0.3) is 5.91 Å². The summed E-state index contributed by atoms with van der Waals surface area (Å²) in [7, 11) is 0. The van der Waals surface area contributed by atoms with Crippen molar-refractivity contribution in [1.82, 2.24) is 25.2 Å². The maximum absolute atomic E-state index is 12.5. The van der Waals surface area contributed by atoms with E-state index in [0.717, 1.165) is 22.0 Å². The lowest BCUT2D eigenvalue weighted by Crippen LogP contribution is -2.20. The molecule has 5 aromatic rings. The minimum Gasteiger partial charge on any atom is -0.507 e. The number of carbonyl (C=O) groups is 1. The summed E-state index contributed by atoms with van der Waals surface area (Å²) in [4.78, 5) is 16.6. The van der Waals surface area contributed by atoms with Gasteiger partial charge < -0.3 is 5.11 Å². The molecule has 0 saturated heterocycles. The number of nitrogens with zero attached hydrogens (tertiary/aromatic N) is 5. The summed E-state index contributed by atoms with van der Waals surface area (Å²) < 4.78 is 1.86. The van der Waals surface area contributed by atoms with E-state index in [4.69, 9.17) is 11.6 Å². The molecule has 0 unspecified atom stereocenters. The minimum atomic E-state index is -0.327. The maximum atomic E-state index is 12.5. The minimum absolute atomic E-state index is 0.0565. The summed E-state index contributed by atoms with van der Waals surface area (Å²) in [6.45, 7) is 0. The van der Waals surface area contributed by atoms with Crippen LogP contribution < -0.4 is 5.43 Å². The number of aromatic hydroxyl groups is 1. The topological polar surface area (TPSA) is 105 Å². The van der Waals surface area contributed by atoms with Crippen LogP contribution in [-0.4, -0.2) is 42.7 Å². The lowest BCUT2D eigenvalue weighted by molar-refractivity contribution is -0.118. The van der Waals surface area contributed by atoms with Crippen LogP contribution >= 0.6 is 23.4 Å². The van der Waals surface area contributed by atoms with Crippen molar-refractivity contribution < 1.29 is 9.90 Å². The standard InChI is InChI=1S/C26H19ClN6O2S/c27-19-6-8-20(9-7-19)33-25(18-11-13-28-14-12-18)31-32-26(33)36-16-24(35)30-29-15-22-21-4-2-1-3-17(21)5-10-23(22)34/h1-15,34H,16H2,(H,30,35)/b29-15+. The third-order valence-electron chi connectivity index (χ3n) is 5.32. The van der Waals surface area contributed by atoms with Crippen LogP contribution in [0.25, 0.3) is 27.8 Å². The summed E-state index contributed by atoms with van der Waals surface area (Å²) >= 11 is 7.30. The maximum Gasteiger partial charge on any atom is 0.250 e. The number of amides is 1. The first-order chi connectivity index (χ1) is 17.6. The molecule has 2 heterocycles. The van der Waals surface area contributed by atoms with Crippen molar-refractivity contribution in [2.45, 2.75) is 5.16 Å². The Labute approximate surface area is 215 Å². The van der Waals surface area contributed by atoms with Crippen molar-refractivity contribution in [3.05, 3.63) is 95.8 Å². The molecule has 0 aliphatic carbocycles. The third-order valence-corrected chi connectivity index (χ3v) is 6.50. The lowest BCUT2D eigenvalue weighted by atomic mass is 10.0. The Morgan fingerprint density at radius 3 is 2.61 bits per heavy atom. The number of fused-ring (bicyclic) bond motifs is 1. The van der Waals surface area contributed by atoms with E-state index >= 15 is 0 Å². The van der Waals surface area contributed by atoms with Gasteiger partial charge in [-0.25, -0.2) is 5.43 Å². The van der Waals surface area contributed by atoms with E-state index in [1.54, 1.807) is 30.6 Å². The zero-order valence-corrected chi connectivity index (χ0v) is 20.3. The van der Waals surface area contributed by atoms with Crippen LogP contribution in [0, 0.1) is 0 Å². The number of rotatable bonds is 7. The Bertz CT molecular complexity index is 1550. The first-order valence-corrected chi connectivity index (χ1v) is 12.2. The molecule has 3 aromatic carbocycles. The van der Waals surface area contributed by atoms with Gasteiger partial charge in [0.05, 0.1) is 12.0 Å². The number of thioether (sulfide) groups is 1. The molecule has 10 heteroatoms. The molecule has 0 atom stereocenters. The number of phenols is 1. The molecule has 0 bridgehead atoms. The fourth-order valence-electron chi connectivity index (χ4n) is 3.63. The number of hydrogen-bond donors (Lipinski definition) is 2. The van der Waals surface area contributed by atoms with Crippen molar-refractivity contribution in [2.24, 2.45) is 5.10 Å². The number of hydrazone groups is 1. The zero-order chi connectivity index (χ0) is 24.9. The number of nitrogens with one attached hydrogen (secondary N) is 1. The fourth-order valence-corrected chi connectivity index (χ4v) is 4.50. The summed E-state index contributed by atoms with van der Waals surface area (Å²) in [6, 6.07) is 22.0. The van der Waals surface area contributed by atoms with Crippen LogP contribution in [-0.2, 0) is 4.79 Å². The van der Waals surface area contributed by atoms with Crippen LogP contribution in [0.5, 0.6) is 5.75 Å². The van der Waals surface area contributed by atoms with Crippen molar-refractivity contribution >= 4 is 46.3 Å². The molecular weight excluding hydrogens is 496 g/mol. The predicted molar refractivity (Wildman–Crippen MR) is 142 cm³/mol. The lowest BCUT2D eigenvalue weighted by Gasteiger charge is -2.10. The number of phenolic OH excluding ortho intramolecular Hbond substituents is 1. The average molecular weight is 515 g/mol. The Morgan fingerprint density at radius 1 is 1.03 bits per heavy atom. The molecule has 0 aliphatic rings. The fraction of sp³-hybridized carbons (Fsp3) is 0.0385. The van der Waals surface area contributed by atoms with Crippen molar-refractivity contribution in [3.8, 4) is 22.8 Å². The van der Waals surface area contributed by atoms with Crippen LogP contribution in [0.2, 0.25) is 5.02 Å². The highest BCUT2D eigenvalue weighted by Gasteiger charge is 2.17. The van der Waals surface area contributed by atoms with Crippen molar-refractivity contribution in [1.29, 1.82) is 0 Å². The summed E-state index contributed by atoms with van der Waals surface area (Å²) in [6.07, 6.45) is 4.81. The van der Waals surface area contributed by atoms with E-state index in [9.17, 15) is 9.90 Å². The van der Waals surface area contributed by atoms with Gasteiger partial charge in [0.1, 0.15) is 5.75 Å². The second-order valence-electron chi connectivity index (χ2n) is 7.66. The van der Waals surface area contributed by atoms with Gasteiger partial charge in [-0.15, -0.1) is 10.2 Å². The largest absolute Gasteiger partial charge is 0.507 e. The predicted octanol–water partition coefficient (Wildman–Crippen LogP) is 5.08. The quantitative estimate of drug-likeness (QED) is 0.178. The molecule has 5 rings (SSSR count).